The van der Waals surface area contributed by atoms with Gasteiger partial charge < -0.3 is 5.32 Å². The van der Waals surface area contributed by atoms with E-state index in [2.05, 4.69) is 24.8 Å². The lowest BCUT2D eigenvalue weighted by Gasteiger charge is -2.11. The van der Waals surface area contributed by atoms with Gasteiger partial charge in [0.15, 0.2) is 15.9 Å². The molecule has 1 aliphatic rings. The third-order valence-electron chi connectivity index (χ3n) is 5.01. The van der Waals surface area contributed by atoms with E-state index in [0.717, 1.165) is 5.56 Å². The molecule has 202 valence electrons. The molecular weight excluding hydrogens is 542 g/mol. The third kappa shape index (κ3) is 7.82. The van der Waals surface area contributed by atoms with Crippen LogP contribution < -0.4 is 5.32 Å². The summed E-state index contributed by atoms with van der Waals surface area (Å²) in [7, 11) is -8.68. The van der Waals surface area contributed by atoms with Gasteiger partial charge in [-0.1, -0.05) is 12.1 Å². The zero-order chi connectivity index (χ0) is 28.1. The van der Waals surface area contributed by atoms with Gasteiger partial charge in [0.2, 0.25) is 5.91 Å². The van der Waals surface area contributed by atoms with Crippen LogP contribution in [0.1, 0.15) is 18.9 Å². The Morgan fingerprint density at radius 2 is 1.79 bits per heavy atom. The molecule has 1 atom stereocenters. The standard InChI is InChI=1S/C22H23N5O9S2/c1-14-4-3-5-17(12-14)23-19(28)13-20(29)27-22(30)21(15(2)26-27)25-24-16-6-8-18(9-7-16)37(31,32)11-10-36-38(33,34)35/h3-9,12,21H,10-11,13H2,1-2H3,(H,23,28)(H,33,34,35). The highest BCUT2D eigenvalue weighted by atomic mass is 32.3. The molecule has 0 bridgehead atoms. The molecule has 3 amide bonds. The second-order valence-corrected chi connectivity index (χ2v) is 11.3. The average molecular weight is 566 g/mol. The first kappa shape index (κ1) is 28.7. The van der Waals surface area contributed by atoms with Gasteiger partial charge in [-0.05, 0) is 55.8 Å². The van der Waals surface area contributed by atoms with Crippen LogP contribution in [-0.4, -0.2) is 68.2 Å². The van der Waals surface area contributed by atoms with Crippen LogP contribution >= 0.6 is 0 Å². The predicted molar refractivity (Wildman–Crippen MR) is 134 cm³/mol. The van der Waals surface area contributed by atoms with Gasteiger partial charge in [-0.15, -0.1) is 0 Å². The largest absolute Gasteiger partial charge is 0.397 e. The number of amides is 3. The van der Waals surface area contributed by atoms with Crippen molar-refractivity contribution in [2.75, 3.05) is 17.7 Å². The molecule has 14 nitrogen and oxygen atoms in total. The van der Waals surface area contributed by atoms with Gasteiger partial charge in [0, 0.05) is 5.69 Å². The Morgan fingerprint density at radius 3 is 2.42 bits per heavy atom. The molecule has 38 heavy (non-hydrogen) atoms. The normalized spacial score (nSPS) is 16.1. The van der Waals surface area contributed by atoms with E-state index in [4.69, 9.17) is 4.55 Å². The van der Waals surface area contributed by atoms with E-state index in [1.54, 1.807) is 18.2 Å². The maximum atomic E-state index is 12.7. The van der Waals surface area contributed by atoms with Crippen LogP contribution in [0.3, 0.4) is 0 Å². The van der Waals surface area contributed by atoms with E-state index in [-0.39, 0.29) is 16.3 Å². The van der Waals surface area contributed by atoms with Crippen LogP contribution in [0.15, 0.2) is 68.8 Å². The number of nitrogens with one attached hydrogen (secondary N) is 1. The Labute approximate surface area is 218 Å². The van der Waals surface area contributed by atoms with Gasteiger partial charge in [0.1, 0.15) is 6.42 Å². The molecule has 16 heteroatoms. The van der Waals surface area contributed by atoms with Crippen molar-refractivity contribution in [1.29, 1.82) is 0 Å². The number of nitrogens with zero attached hydrogens (tertiary/aromatic N) is 4. The minimum Gasteiger partial charge on any atom is -0.326 e. The van der Waals surface area contributed by atoms with Crippen molar-refractivity contribution in [3.05, 3.63) is 54.1 Å². The SMILES string of the molecule is CC1=NN(C(=O)CC(=O)Nc2cccc(C)c2)C(=O)C1N=Nc1ccc(S(=O)(=O)CCOS(=O)(=O)O)cc1. The monoisotopic (exact) mass is 565 g/mol. The molecule has 0 aliphatic carbocycles. The summed E-state index contributed by atoms with van der Waals surface area (Å²) in [4.78, 5) is 37.2. The summed E-state index contributed by atoms with van der Waals surface area (Å²) in [5.41, 5.74) is 1.77. The van der Waals surface area contributed by atoms with Crippen molar-refractivity contribution in [2.45, 2.75) is 31.2 Å². The van der Waals surface area contributed by atoms with Crippen molar-refractivity contribution in [2.24, 2.45) is 15.3 Å². The van der Waals surface area contributed by atoms with Crippen molar-refractivity contribution in [1.82, 2.24) is 5.01 Å². The summed E-state index contributed by atoms with van der Waals surface area (Å²) in [5, 5.41) is 14.8. The van der Waals surface area contributed by atoms with Gasteiger partial charge >= 0.3 is 10.4 Å². The number of azo groups is 1. The van der Waals surface area contributed by atoms with Gasteiger partial charge in [0.25, 0.3) is 11.8 Å². The number of imide groups is 1. The fraction of sp³-hybridized carbons (Fsp3) is 0.273. The maximum Gasteiger partial charge on any atom is 0.397 e. The zero-order valence-electron chi connectivity index (χ0n) is 20.1. The van der Waals surface area contributed by atoms with Gasteiger partial charge in [-0.2, -0.15) is 28.8 Å². The number of rotatable bonds is 10. The molecule has 1 unspecified atom stereocenters. The lowest BCUT2D eigenvalue weighted by atomic mass is 10.2. The molecule has 0 saturated heterocycles. The molecule has 2 aromatic carbocycles. The van der Waals surface area contributed by atoms with E-state index >= 15 is 0 Å². The second kappa shape index (κ2) is 11.7. The number of hydrogen-bond acceptors (Lipinski definition) is 11. The number of aryl methyl sites for hydroxylation is 1. The molecule has 0 aromatic heterocycles. The van der Waals surface area contributed by atoms with Crippen molar-refractivity contribution in [3.63, 3.8) is 0 Å². The Morgan fingerprint density at radius 1 is 1.11 bits per heavy atom. The van der Waals surface area contributed by atoms with Gasteiger partial charge in [0.05, 0.1) is 28.7 Å². The second-order valence-electron chi connectivity index (χ2n) is 8.06. The lowest BCUT2D eigenvalue weighted by Crippen LogP contribution is -2.36. The predicted octanol–water partition coefficient (Wildman–Crippen LogP) is 1.81. The number of anilines is 1. The van der Waals surface area contributed by atoms with Gasteiger partial charge in [-0.3, -0.25) is 18.9 Å². The molecule has 1 heterocycles. The number of hydrazone groups is 1. The zero-order valence-corrected chi connectivity index (χ0v) is 21.8. The molecule has 0 radical (unpaired) electrons. The van der Waals surface area contributed by atoms with Crippen LogP contribution in [0, 0.1) is 6.92 Å². The average Bonchev–Trinajstić information content (AvgIpc) is 3.10. The van der Waals surface area contributed by atoms with E-state index in [0.29, 0.717) is 10.7 Å². The van der Waals surface area contributed by atoms with E-state index in [1.165, 1.54) is 31.2 Å². The lowest BCUT2D eigenvalue weighted by molar-refractivity contribution is -0.144. The molecule has 2 N–H and O–H groups in total. The fourth-order valence-corrected chi connectivity index (χ4v) is 4.71. The minimum atomic E-state index is -4.76. The summed E-state index contributed by atoms with van der Waals surface area (Å²) in [6, 6.07) is 10.7. The van der Waals surface area contributed by atoms with Crippen LogP contribution in [0.2, 0.25) is 0 Å². The van der Waals surface area contributed by atoms with Gasteiger partial charge in [-0.25, -0.2) is 12.6 Å². The number of hydrogen-bond donors (Lipinski definition) is 2. The Hall–Kier alpha value is -3.86. The quantitative estimate of drug-likeness (QED) is 0.245. The highest BCUT2D eigenvalue weighted by molar-refractivity contribution is 7.91. The van der Waals surface area contributed by atoms with Crippen molar-refractivity contribution >= 4 is 55.0 Å². The fourth-order valence-electron chi connectivity index (χ4n) is 3.22. The Kier molecular flexibility index (Phi) is 8.82. The minimum absolute atomic E-state index is 0.161. The topological polar surface area (TPSA) is 201 Å². The summed E-state index contributed by atoms with van der Waals surface area (Å²) >= 11 is 0. The number of carbonyl (C=O) groups is 3. The smallest absolute Gasteiger partial charge is 0.326 e. The maximum absolute atomic E-state index is 12.7. The Balaban J connectivity index is 1.59. The highest BCUT2D eigenvalue weighted by Crippen LogP contribution is 2.21. The number of benzene rings is 2. The van der Waals surface area contributed by atoms with Crippen LogP contribution in [0.5, 0.6) is 0 Å². The molecule has 2 aromatic rings. The summed E-state index contributed by atoms with van der Waals surface area (Å²) < 4.78 is 58.1. The van der Waals surface area contributed by atoms with Crippen LogP contribution in [0.4, 0.5) is 11.4 Å². The molecule has 0 fully saturated rings. The van der Waals surface area contributed by atoms with Crippen LogP contribution in [-0.2, 0) is 38.8 Å². The first-order valence-electron chi connectivity index (χ1n) is 10.9. The first-order chi connectivity index (χ1) is 17.7. The van der Waals surface area contributed by atoms with Crippen molar-refractivity contribution in [3.8, 4) is 0 Å². The molecule has 3 rings (SSSR count). The van der Waals surface area contributed by atoms with E-state index in [9.17, 15) is 31.2 Å². The molecule has 1 aliphatic heterocycles. The highest BCUT2D eigenvalue weighted by Gasteiger charge is 2.38. The number of carbonyl (C=O) groups excluding carboxylic acids is 3. The molecular formula is C22H23N5O9S2. The number of sulfone groups is 1. The molecule has 0 saturated carbocycles. The summed E-state index contributed by atoms with van der Waals surface area (Å²) in [5.74, 6) is -2.96. The van der Waals surface area contributed by atoms with Crippen LogP contribution in [0.25, 0.3) is 0 Å². The summed E-state index contributed by atoms with van der Waals surface area (Å²) in [6.07, 6.45) is -0.620. The van der Waals surface area contributed by atoms with Crippen molar-refractivity contribution < 1.29 is 40.0 Å². The first-order valence-corrected chi connectivity index (χ1v) is 13.9. The third-order valence-corrected chi connectivity index (χ3v) is 7.17. The van der Waals surface area contributed by atoms with E-state index in [1.807, 2.05) is 13.0 Å². The Bertz CT molecular complexity index is 1520. The van der Waals surface area contributed by atoms with E-state index < -0.39 is 62.8 Å². The molecule has 0 spiro atoms. The summed E-state index contributed by atoms with van der Waals surface area (Å²) in [6.45, 7) is 2.54.